The zero-order valence-electron chi connectivity index (χ0n) is 10.4. The minimum absolute atomic E-state index is 0.0960. The Balaban J connectivity index is 2.48. The first kappa shape index (κ1) is 14.0. The van der Waals surface area contributed by atoms with Crippen LogP contribution in [-0.4, -0.2) is 21.0 Å². The number of carboxylic acids is 1. The van der Waals surface area contributed by atoms with Crippen LogP contribution in [0.3, 0.4) is 0 Å². The first-order valence-electron chi connectivity index (χ1n) is 5.56. The Kier molecular flexibility index (Phi) is 3.76. The molecule has 0 radical (unpaired) electrons. The molecule has 2 rings (SSSR count). The minimum Gasteiger partial charge on any atom is -0.478 e. The van der Waals surface area contributed by atoms with Crippen LogP contribution in [-0.2, 0) is 0 Å². The number of ether oxygens (including phenoxy) is 1. The number of nitriles is 1. The molecular formula is C13H7N3O5. The van der Waals surface area contributed by atoms with Crippen LogP contribution in [0.25, 0.3) is 0 Å². The number of aromatic carboxylic acids is 1. The molecule has 0 spiro atoms. The normalized spacial score (nSPS) is 9.67. The third kappa shape index (κ3) is 2.93. The summed E-state index contributed by atoms with van der Waals surface area (Å²) in [6, 6.07) is 6.60. The fourth-order valence-electron chi connectivity index (χ4n) is 1.57. The first-order valence-corrected chi connectivity index (χ1v) is 5.56. The molecule has 0 atom stereocenters. The topological polar surface area (TPSA) is 126 Å². The van der Waals surface area contributed by atoms with Gasteiger partial charge in [0.15, 0.2) is 5.75 Å². The smallest absolute Gasteiger partial charge is 0.339 e. The number of nitro benzene ring substituents is 1. The molecule has 1 N–H and O–H groups in total. The van der Waals surface area contributed by atoms with Crippen LogP contribution in [0.1, 0.15) is 15.9 Å². The van der Waals surface area contributed by atoms with Gasteiger partial charge >= 0.3 is 11.7 Å². The summed E-state index contributed by atoms with van der Waals surface area (Å²) < 4.78 is 5.27. The van der Waals surface area contributed by atoms with Crippen molar-refractivity contribution in [2.45, 2.75) is 0 Å². The molecule has 0 unspecified atom stereocenters. The molecule has 2 aromatic rings. The number of benzene rings is 1. The molecule has 1 aromatic heterocycles. The number of hydrogen-bond acceptors (Lipinski definition) is 6. The molecule has 21 heavy (non-hydrogen) atoms. The van der Waals surface area contributed by atoms with Gasteiger partial charge in [-0.3, -0.25) is 15.1 Å². The summed E-state index contributed by atoms with van der Waals surface area (Å²) in [6.45, 7) is 0. The molecule has 0 bridgehead atoms. The minimum atomic E-state index is -1.25. The van der Waals surface area contributed by atoms with Crippen molar-refractivity contribution in [3.63, 3.8) is 0 Å². The molecule has 8 nitrogen and oxygen atoms in total. The Morgan fingerprint density at radius 2 is 2.14 bits per heavy atom. The van der Waals surface area contributed by atoms with Crippen LogP contribution in [0, 0.1) is 21.4 Å². The number of pyridine rings is 1. The number of hydrogen-bond donors (Lipinski definition) is 1. The van der Waals surface area contributed by atoms with E-state index in [2.05, 4.69) is 4.98 Å². The monoisotopic (exact) mass is 285 g/mol. The predicted octanol–water partition coefficient (Wildman–Crippen LogP) is 2.35. The Bertz CT molecular complexity index is 767. The molecule has 0 aliphatic carbocycles. The highest BCUT2D eigenvalue weighted by molar-refractivity contribution is 5.90. The van der Waals surface area contributed by atoms with Gasteiger partial charge in [0.25, 0.3) is 0 Å². The van der Waals surface area contributed by atoms with Crippen molar-refractivity contribution in [2.24, 2.45) is 0 Å². The second-order valence-electron chi connectivity index (χ2n) is 3.83. The van der Waals surface area contributed by atoms with E-state index >= 15 is 0 Å². The molecule has 0 amide bonds. The summed E-state index contributed by atoms with van der Waals surface area (Å²) in [4.78, 5) is 25.0. The summed E-state index contributed by atoms with van der Waals surface area (Å²) in [5.74, 6) is -1.55. The number of nitro groups is 1. The van der Waals surface area contributed by atoms with Crippen LogP contribution in [0.5, 0.6) is 11.5 Å². The fourth-order valence-corrected chi connectivity index (χ4v) is 1.57. The number of nitrogens with zero attached hydrogens (tertiary/aromatic N) is 3. The maximum atomic E-state index is 11.0. The van der Waals surface area contributed by atoms with Gasteiger partial charge in [-0.05, 0) is 18.2 Å². The van der Waals surface area contributed by atoms with E-state index < -0.39 is 16.6 Å². The van der Waals surface area contributed by atoms with Crippen molar-refractivity contribution >= 4 is 11.7 Å². The van der Waals surface area contributed by atoms with E-state index in [0.717, 1.165) is 12.3 Å². The Morgan fingerprint density at radius 3 is 2.76 bits per heavy atom. The molecule has 1 aromatic carbocycles. The van der Waals surface area contributed by atoms with Gasteiger partial charge < -0.3 is 9.84 Å². The van der Waals surface area contributed by atoms with Crippen LogP contribution in [0.15, 0.2) is 36.7 Å². The molecule has 0 fully saturated rings. The van der Waals surface area contributed by atoms with E-state index in [0.29, 0.717) is 0 Å². The standard InChI is InChI=1S/C13H7N3O5/c14-6-8-1-2-11(10(5-8)16(19)20)21-12-7-15-4-3-9(12)13(17)18/h1-5,7H,(H,17,18). The average molecular weight is 285 g/mol. The first-order chi connectivity index (χ1) is 10.0. The van der Waals surface area contributed by atoms with Gasteiger partial charge in [-0.25, -0.2) is 4.79 Å². The SMILES string of the molecule is N#Cc1ccc(Oc2cnccc2C(=O)O)c([N+](=O)[O-])c1. The lowest BCUT2D eigenvalue weighted by atomic mass is 10.2. The number of aromatic nitrogens is 1. The van der Waals surface area contributed by atoms with E-state index in [9.17, 15) is 14.9 Å². The largest absolute Gasteiger partial charge is 0.478 e. The number of carbonyl (C=O) groups is 1. The lowest BCUT2D eigenvalue weighted by Gasteiger charge is -2.08. The van der Waals surface area contributed by atoms with Crippen molar-refractivity contribution in [3.8, 4) is 17.6 Å². The quantitative estimate of drug-likeness (QED) is 0.674. The average Bonchev–Trinajstić information content (AvgIpc) is 2.47. The molecule has 0 saturated heterocycles. The van der Waals surface area contributed by atoms with Gasteiger partial charge in [-0.15, -0.1) is 0 Å². The van der Waals surface area contributed by atoms with Gasteiger partial charge in [-0.1, -0.05) is 0 Å². The van der Waals surface area contributed by atoms with Crippen molar-refractivity contribution in [1.82, 2.24) is 4.98 Å². The van der Waals surface area contributed by atoms with E-state index in [4.69, 9.17) is 15.1 Å². The highest BCUT2D eigenvalue weighted by Gasteiger charge is 2.19. The molecule has 1 heterocycles. The van der Waals surface area contributed by atoms with Gasteiger partial charge in [0.2, 0.25) is 5.75 Å². The Labute approximate surface area is 118 Å². The van der Waals surface area contributed by atoms with Gasteiger partial charge in [-0.2, -0.15) is 5.26 Å². The highest BCUT2D eigenvalue weighted by Crippen LogP contribution is 2.33. The molecule has 0 saturated carbocycles. The Morgan fingerprint density at radius 1 is 1.38 bits per heavy atom. The van der Waals surface area contributed by atoms with Crippen molar-refractivity contribution in [3.05, 3.63) is 57.9 Å². The van der Waals surface area contributed by atoms with E-state index in [-0.39, 0.29) is 22.6 Å². The number of carboxylic acid groups (broad SMARTS) is 1. The van der Waals surface area contributed by atoms with Crippen LogP contribution in [0.4, 0.5) is 5.69 Å². The molecule has 8 heteroatoms. The van der Waals surface area contributed by atoms with Crippen LogP contribution < -0.4 is 4.74 Å². The number of rotatable bonds is 4. The molecule has 0 aliphatic rings. The summed E-state index contributed by atoms with van der Waals surface area (Å²) >= 11 is 0. The second-order valence-corrected chi connectivity index (χ2v) is 3.83. The zero-order valence-corrected chi connectivity index (χ0v) is 10.4. The second kappa shape index (κ2) is 5.66. The zero-order chi connectivity index (χ0) is 15.4. The third-order valence-corrected chi connectivity index (χ3v) is 2.52. The van der Waals surface area contributed by atoms with E-state index in [1.54, 1.807) is 6.07 Å². The van der Waals surface area contributed by atoms with E-state index in [1.165, 1.54) is 24.4 Å². The third-order valence-electron chi connectivity index (χ3n) is 2.52. The van der Waals surface area contributed by atoms with E-state index in [1.807, 2.05) is 0 Å². The predicted molar refractivity (Wildman–Crippen MR) is 69.1 cm³/mol. The van der Waals surface area contributed by atoms with Gasteiger partial charge in [0, 0.05) is 12.3 Å². The van der Waals surface area contributed by atoms with Crippen molar-refractivity contribution in [2.75, 3.05) is 0 Å². The fraction of sp³-hybridized carbons (Fsp3) is 0. The summed E-state index contributed by atoms with van der Waals surface area (Å²) in [7, 11) is 0. The summed E-state index contributed by atoms with van der Waals surface area (Å²) in [5.41, 5.74) is -0.517. The molecule has 0 aliphatic heterocycles. The lowest BCUT2D eigenvalue weighted by Crippen LogP contribution is -2.01. The van der Waals surface area contributed by atoms with Crippen LogP contribution in [0.2, 0.25) is 0 Å². The molecule has 104 valence electrons. The van der Waals surface area contributed by atoms with Crippen molar-refractivity contribution in [1.29, 1.82) is 5.26 Å². The van der Waals surface area contributed by atoms with Crippen LogP contribution >= 0.6 is 0 Å². The van der Waals surface area contributed by atoms with Crippen molar-refractivity contribution < 1.29 is 19.6 Å². The Hall–Kier alpha value is -3.47. The summed E-state index contributed by atoms with van der Waals surface area (Å²) in [5, 5.41) is 28.7. The molecular weight excluding hydrogens is 278 g/mol. The van der Waals surface area contributed by atoms with Gasteiger partial charge in [0.1, 0.15) is 5.56 Å². The lowest BCUT2D eigenvalue weighted by molar-refractivity contribution is -0.385. The maximum Gasteiger partial charge on any atom is 0.339 e. The van der Waals surface area contributed by atoms with Gasteiger partial charge in [0.05, 0.1) is 22.8 Å². The summed E-state index contributed by atoms with van der Waals surface area (Å²) in [6.07, 6.45) is 2.41. The highest BCUT2D eigenvalue weighted by atomic mass is 16.6. The maximum absolute atomic E-state index is 11.0.